The van der Waals surface area contributed by atoms with Crippen LogP contribution in [0.4, 0.5) is 0 Å². The molecule has 3 fully saturated rings. The summed E-state index contributed by atoms with van der Waals surface area (Å²) >= 11 is 3.62. The third kappa shape index (κ3) is 6.89. The van der Waals surface area contributed by atoms with E-state index < -0.39 is 60.2 Å². The Morgan fingerprint density at radius 1 is 0.941 bits per heavy atom. The number of carbonyl (C=O) groups excluding carboxylic acids is 4. The molecule has 3 amide bonds. The Morgan fingerprint density at radius 3 is 2.39 bits per heavy atom. The third-order valence-electron chi connectivity index (χ3n) is 10.6. The molecule has 0 radical (unpaired) electrons. The predicted molar refractivity (Wildman–Crippen MR) is 189 cm³/mol. The zero-order valence-electron chi connectivity index (χ0n) is 28.3. The summed E-state index contributed by atoms with van der Waals surface area (Å²) < 4.78 is 18.9. The summed E-state index contributed by atoms with van der Waals surface area (Å²) in [7, 11) is 0. The second-order valence-electron chi connectivity index (χ2n) is 13.6. The number of rotatable bonds is 7. The van der Waals surface area contributed by atoms with Crippen LogP contribution >= 0.6 is 15.9 Å². The van der Waals surface area contributed by atoms with Crippen LogP contribution in [-0.4, -0.2) is 120 Å². The van der Waals surface area contributed by atoms with E-state index in [0.29, 0.717) is 48.3 Å². The molecule has 5 heterocycles. The molecule has 0 saturated carbocycles. The molecule has 2 N–H and O–H groups in total. The van der Waals surface area contributed by atoms with Gasteiger partial charge in [0.15, 0.2) is 0 Å². The summed E-state index contributed by atoms with van der Waals surface area (Å²) in [4.78, 5) is 62.7. The number of nitrogens with one attached hydrogen (secondary N) is 1. The topological polar surface area (TPSA) is 138 Å². The van der Waals surface area contributed by atoms with Gasteiger partial charge in [-0.2, -0.15) is 0 Å². The first kappa shape index (κ1) is 35.5. The van der Waals surface area contributed by atoms with Gasteiger partial charge in [-0.05, 0) is 23.6 Å². The molecular weight excluding hydrogens is 720 g/mol. The summed E-state index contributed by atoms with van der Waals surface area (Å²) in [6, 6.07) is 16.2. The summed E-state index contributed by atoms with van der Waals surface area (Å²) in [6.45, 7) is 3.46. The summed E-state index contributed by atoms with van der Waals surface area (Å²) in [5.74, 6) is -3.88. The first-order valence-electron chi connectivity index (χ1n) is 17.6. The Hall–Kier alpha value is -3.88. The van der Waals surface area contributed by atoms with E-state index in [1.54, 1.807) is 11.0 Å². The predicted octanol–water partition coefficient (Wildman–Crippen LogP) is 2.50. The van der Waals surface area contributed by atoms with Crippen LogP contribution in [0.15, 0.2) is 83.4 Å². The summed E-state index contributed by atoms with van der Waals surface area (Å²) in [6.07, 6.45) is 4.49. The summed E-state index contributed by atoms with van der Waals surface area (Å²) in [5.41, 5.74) is -0.166. The van der Waals surface area contributed by atoms with Crippen molar-refractivity contribution in [3.8, 4) is 0 Å². The Balaban J connectivity index is 1.31. The minimum absolute atomic E-state index is 0.0421. The van der Waals surface area contributed by atoms with Crippen molar-refractivity contribution in [1.82, 2.24) is 20.0 Å². The maximum atomic E-state index is 15.1. The molecule has 51 heavy (non-hydrogen) atoms. The Labute approximate surface area is 305 Å². The molecule has 2 aromatic carbocycles. The average molecular weight is 764 g/mol. The molecule has 5 bridgehead atoms. The lowest BCUT2D eigenvalue weighted by atomic mass is 9.74. The number of esters is 1. The fourth-order valence-electron chi connectivity index (χ4n) is 8.07. The number of benzene rings is 2. The molecule has 5 aliphatic rings. The fraction of sp³-hybridized carbons (Fsp3) is 0.474. The maximum absolute atomic E-state index is 15.1. The van der Waals surface area contributed by atoms with Crippen molar-refractivity contribution in [2.75, 3.05) is 59.1 Å². The summed E-state index contributed by atoms with van der Waals surface area (Å²) in [5, 5.41) is 13.8. The molecule has 0 unspecified atom stereocenters. The number of cyclic esters (lactones) is 1. The van der Waals surface area contributed by atoms with Gasteiger partial charge in [-0.15, -0.1) is 0 Å². The highest BCUT2D eigenvalue weighted by molar-refractivity contribution is 9.11. The molecular formula is C38H43BrN4O8. The standard InChI is InChI=1S/C38H43BrN4O8/c39-27-22-38-32-31(33(27)51-38)37(48)50-29(26-12-6-2-7-13-26)23-40-30(45)14-8-3-9-15-42(17-16-41-18-20-49-21-19-41)36(47)34(38)43(35(32)46)28(24-44)25-10-4-1-5-11-25/h1-7,9-13,22,28-29,31-34,44H,8,14-21,23-24H2,(H,40,45)/b9-3-/t28-,29+,31+,32-,33+,34+,38-/m1/s1. The van der Waals surface area contributed by atoms with Crippen LogP contribution < -0.4 is 5.32 Å². The van der Waals surface area contributed by atoms with Crippen molar-refractivity contribution < 1.29 is 38.5 Å². The van der Waals surface area contributed by atoms with Gasteiger partial charge >= 0.3 is 5.97 Å². The smallest absolute Gasteiger partial charge is 0.313 e. The molecule has 0 aromatic heterocycles. The zero-order valence-corrected chi connectivity index (χ0v) is 29.9. The molecule has 2 aromatic rings. The number of aliphatic hydroxyl groups is 1. The largest absolute Gasteiger partial charge is 0.455 e. The van der Waals surface area contributed by atoms with Crippen LogP contribution in [0.25, 0.3) is 0 Å². The Morgan fingerprint density at radius 2 is 1.67 bits per heavy atom. The SMILES string of the molecule is O=C1CC/C=C\CN(CCN2CCOCC2)C(=O)[C@@H]2N([C@H](CO)c3ccccc3)C(=O)[C@H]3[C@H](C(=O)O[C@H](c4ccccc4)CN1)[C@H]1O[C@@]23C=C1Br. The molecule has 270 valence electrons. The number of hydrogen-bond acceptors (Lipinski definition) is 9. The molecule has 12 nitrogen and oxygen atoms in total. The maximum Gasteiger partial charge on any atom is 0.313 e. The average Bonchev–Trinajstić information content (AvgIpc) is 3.75. The molecule has 1 spiro atoms. The van der Waals surface area contributed by atoms with E-state index in [0.717, 1.165) is 13.1 Å². The van der Waals surface area contributed by atoms with Crippen molar-refractivity contribution in [3.63, 3.8) is 0 Å². The van der Waals surface area contributed by atoms with Gasteiger partial charge in [0.1, 0.15) is 29.8 Å². The van der Waals surface area contributed by atoms with E-state index in [9.17, 15) is 19.5 Å². The van der Waals surface area contributed by atoms with Crippen molar-refractivity contribution in [2.45, 2.75) is 42.7 Å². The number of allylic oxidation sites excluding steroid dienone is 1. The molecule has 13 heteroatoms. The lowest BCUT2D eigenvalue weighted by molar-refractivity contribution is -0.160. The fourth-order valence-corrected chi connectivity index (χ4v) is 8.80. The lowest BCUT2D eigenvalue weighted by Crippen LogP contribution is -2.57. The lowest BCUT2D eigenvalue weighted by Gasteiger charge is -2.39. The number of amides is 3. The van der Waals surface area contributed by atoms with E-state index in [1.807, 2.05) is 72.8 Å². The van der Waals surface area contributed by atoms with Crippen molar-refractivity contribution in [2.24, 2.45) is 11.8 Å². The Bertz CT molecular complexity index is 1670. The van der Waals surface area contributed by atoms with E-state index in [-0.39, 0.29) is 31.3 Å². The number of fused-ring (bicyclic) bond motifs is 2. The van der Waals surface area contributed by atoms with Gasteiger partial charge in [-0.1, -0.05) is 88.7 Å². The molecule has 0 aliphatic carbocycles. The van der Waals surface area contributed by atoms with Crippen LogP contribution in [0, 0.1) is 11.8 Å². The quantitative estimate of drug-likeness (QED) is 0.322. The number of ether oxygens (including phenoxy) is 3. The monoisotopic (exact) mass is 762 g/mol. The number of hydrogen-bond donors (Lipinski definition) is 2. The van der Waals surface area contributed by atoms with Gasteiger partial charge in [0.2, 0.25) is 17.7 Å². The second kappa shape index (κ2) is 15.4. The van der Waals surface area contributed by atoms with E-state index in [4.69, 9.17) is 14.2 Å². The van der Waals surface area contributed by atoms with Gasteiger partial charge < -0.3 is 34.4 Å². The van der Waals surface area contributed by atoms with Crippen molar-refractivity contribution >= 4 is 39.6 Å². The number of nitrogens with zero attached hydrogens (tertiary/aromatic N) is 3. The minimum atomic E-state index is -1.51. The van der Waals surface area contributed by atoms with Gasteiger partial charge in [-0.25, -0.2) is 0 Å². The van der Waals surface area contributed by atoms with Gasteiger partial charge in [0.05, 0.1) is 38.3 Å². The molecule has 7 atom stereocenters. The van der Waals surface area contributed by atoms with Crippen molar-refractivity contribution in [3.05, 3.63) is 94.5 Å². The normalized spacial score (nSPS) is 31.6. The van der Waals surface area contributed by atoms with Crippen LogP contribution in [0.2, 0.25) is 0 Å². The zero-order chi connectivity index (χ0) is 35.5. The minimum Gasteiger partial charge on any atom is -0.455 e. The van der Waals surface area contributed by atoms with Crippen LogP contribution in [0.3, 0.4) is 0 Å². The highest BCUT2D eigenvalue weighted by Crippen LogP contribution is 2.60. The number of morpholine rings is 1. The highest BCUT2D eigenvalue weighted by atomic mass is 79.9. The van der Waals surface area contributed by atoms with E-state index in [1.165, 1.54) is 4.90 Å². The molecule has 5 aliphatic heterocycles. The van der Waals surface area contributed by atoms with Crippen LogP contribution in [-0.2, 0) is 33.4 Å². The van der Waals surface area contributed by atoms with Crippen LogP contribution in [0.5, 0.6) is 0 Å². The van der Waals surface area contributed by atoms with Gasteiger partial charge in [-0.3, -0.25) is 24.1 Å². The number of aliphatic hydroxyl groups excluding tert-OH is 1. The third-order valence-corrected chi connectivity index (χ3v) is 11.3. The number of halogens is 1. The highest BCUT2D eigenvalue weighted by Gasteiger charge is 2.75. The van der Waals surface area contributed by atoms with Gasteiger partial charge in [0, 0.05) is 43.6 Å². The van der Waals surface area contributed by atoms with Crippen molar-refractivity contribution in [1.29, 1.82) is 0 Å². The molecule has 3 saturated heterocycles. The van der Waals surface area contributed by atoms with Crippen LogP contribution in [0.1, 0.15) is 36.1 Å². The first-order chi connectivity index (χ1) is 24.8. The van der Waals surface area contributed by atoms with Gasteiger partial charge in [0.25, 0.3) is 0 Å². The number of likely N-dealkylation sites (tertiary alicyclic amines) is 1. The second-order valence-corrected chi connectivity index (χ2v) is 14.5. The first-order valence-corrected chi connectivity index (χ1v) is 18.4. The Kier molecular flexibility index (Phi) is 10.7. The van der Waals surface area contributed by atoms with E-state index in [2.05, 4.69) is 26.1 Å². The number of carbonyl (C=O) groups is 4. The van der Waals surface area contributed by atoms with E-state index >= 15 is 4.79 Å². The molecule has 7 rings (SSSR count).